The maximum Gasteiger partial charge on any atom is 0.334 e. The van der Waals surface area contributed by atoms with Crippen LogP contribution >= 0.6 is 0 Å². The summed E-state index contributed by atoms with van der Waals surface area (Å²) >= 11 is 0. The lowest BCUT2D eigenvalue weighted by Crippen LogP contribution is -2.39. The highest BCUT2D eigenvalue weighted by Crippen LogP contribution is 2.29. The van der Waals surface area contributed by atoms with Crippen molar-refractivity contribution in [2.45, 2.75) is 40.0 Å². The maximum absolute atomic E-state index is 12.4. The summed E-state index contributed by atoms with van der Waals surface area (Å²) in [5.74, 6) is -2.34. The second-order valence-electron chi connectivity index (χ2n) is 7.83. The largest absolute Gasteiger partial charge is 0.334 e. The van der Waals surface area contributed by atoms with Crippen LogP contribution in [0.15, 0.2) is 24.3 Å². The topological polar surface area (TPSA) is 86.8 Å². The van der Waals surface area contributed by atoms with Crippen LogP contribution < -0.4 is 5.32 Å². The fourth-order valence-electron chi connectivity index (χ4n) is 2.80. The van der Waals surface area contributed by atoms with Gasteiger partial charge in [0.15, 0.2) is 0 Å². The Labute approximate surface area is 153 Å². The first-order chi connectivity index (χ1) is 12.0. The van der Waals surface area contributed by atoms with E-state index in [4.69, 9.17) is 0 Å². The lowest BCUT2D eigenvalue weighted by Gasteiger charge is -2.23. The van der Waals surface area contributed by atoms with Crippen LogP contribution in [0.1, 0.15) is 40.2 Å². The Morgan fingerprint density at radius 3 is 2.19 bits per heavy atom. The number of hydrogen-bond acceptors (Lipinski definition) is 4. The smallest absolute Gasteiger partial charge is 0.324 e. The Morgan fingerprint density at radius 1 is 1.04 bits per heavy atom. The van der Waals surface area contributed by atoms with Gasteiger partial charge in [-0.1, -0.05) is 52.8 Å². The highest BCUT2D eigenvalue weighted by atomic mass is 16.2. The van der Waals surface area contributed by atoms with Gasteiger partial charge in [-0.3, -0.25) is 19.3 Å². The minimum absolute atomic E-state index is 0.0307. The van der Waals surface area contributed by atoms with E-state index < -0.39 is 30.3 Å². The summed E-state index contributed by atoms with van der Waals surface area (Å²) in [6.45, 7) is 9.40. The highest BCUT2D eigenvalue weighted by Gasteiger charge is 2.45. The fourth-order valence-corrected chi connectivity index (χ4v) is 2.80. The first-order valence-corrected chi connectivity index (χ1v) is 8.59. The summed E-state index contributed by atoms with van der Waals surface area (Å²) in [5, 5.41) is 2.74. The molecule has 1 aliphatic heterocycles. The van der Waals surface area contributed by atoms with E-state index in [2.05, 4.69) is 5.32 Å². The van der Waals surface area contributed by atoms with Gasteiger partial charge in [-0.15, -0.1) is 0 Å². The molecule has 0 atom stereocenters. The molecule has 7 nitrogen and oxygen atoms in total. The van der Waals surface area contributed by atoms with E-state index in [0.29, 0.717) is 10.6 Å². The number of nitrogens with zero attached hydrogens (tertiary/aromatic N) is 2. The van der Waals surface area contributed by atoms with Crippen molar-refractivity contribution in [3.8, 4) is 0 Å². The van der Waals surface area contributed by atoms with Gasteiger partial charge in [0.25, 0.3) is 0 Å². The Bertz CT molecular complexity index is 749. The molecule has 0 bridgehead atoms. The van der Waals surface area contributed by atoms with Gasteiger partial charge in [0.2, 0.25) is 5.91 Å². The van der Waals surface area contributed by atoms with Crippen molar-refractivity contribution in [2.24, 2.45) is 5.92 Å². The van der Waals surface area contributed by atoms with Crippen molar-refractivity contribution >= 4 is 29.4 Å². The van der Waals surface area contributed by atoms with Crippen molar-refractivity contribution in [1.82, 2.24) is 9.80 Å². The third-order valence-electron chi connectivity index (χ3n) is 3.99. The minimum Gasteiger partial charge on any atom is -0.324 e. The van der Waals surface area contributed by atoms with E-state index in [1.54, 1.807) is 12.1 Å². The van der Waals surface area contributed by atoms with E-state index in [0.717, 1.165) is 10.5 Å². The molecule has 1 aromatic carbocycles. The minimum atomic E-state index is -0.963. The number of hydrogen-bond donors (Lipinski definition) is 1. The van der Waals surface area contributed by atoms with E-state index >= 15 is 0 Å². The van der Waals surface area contributed by atoms with Gasteiger partial charge in [-0.25, -0.2) is 9.69 Å². The van der Waals surface area contributed by atoms with Crippen molar-refractivity contribution in [1.29, 1.82) is 0 Å². The molecule has 26 heavy (non-hydrogen) atoms. The van der Waals surface area contributed by atoms with Gasteiger partial charge in [-0.05, 0) is 23.0 Å². The summed E-state index contributed by atoms with van der Waals surface area (Å²) in [5.41, 5.74) is 1.37. The van der Waals surface area contributed by atoms with Crippen LogP contribution in [-0.4, -0.2) is 46.6 Å². The predicted molar refractivity (Wildman–Crippen MR) is 97.4 cm³/mol. The summed E-state index contributed by atoms with van der Waals surface area (Å²) in [4.78, 5) is 50.3. The lowest BCUT2D eigenvalue weighted by molar-refractivity contribution is -0.143. The van der Waals surface area contributed by atoms with Gasteiger partial charge < -0.3 is 5.32 Å². The van der Waals surface area contributed by atoms with Crippen LogP contribution in [0, 0.1) is 5.92 Å². The van der Waals surface area contributed by atoms with Gasteiger partial charge in [-0.2, -0.15) is 0 Å². The Balaban J connectivity index is 2.13. The molecule has 1 fully saturated rings. The van der Waals surface area contributed by atoms with Crippen molar-refractivity contribution in [3.05, 3.63) is 29.8 Å². The zero-order valence-corrected chi connectivity index (χ0v) is 15.8. The quantitative estimate of drug-likeness (QED) is 0.646. The number of urea groups is 1. The molecule has 0 aromatic heterocycles. The summed E-state index contributed by atoms with van der Waals surface area (Å²) < 4.78 is 0. The molecule has 0 unspecified atom stereocenters. The SMILES string of the molecule is CC(C)CN1C(=O)C(=O)N(CC(=O)Nc2ccccc2C(C)(C)C)C1=O. The number of nitrogens with one attached hydrogen (secondary N) is 1. The zero-order valence-electron chi connectivity index (χ0n) is 15.8. The number of carbonyl (C=O) groups is 4. The standard InChI is InChI=1S/C19H25N3O4/c1-12(2)10-21-16(24)17(25)22(18(21)26)11-15(23)20-14-9-7-6-8-13(14)19(3,4)5/h6-9,12H,10-11H2,1-5H3,(H,20,23). The van der Waals surface area contributed by atoms with Gasteiger partial charge in [0, 0.05) is 12.2 Å². The molecule has 1 heterocycles. The Morgan fingerprint density at radius 2 is 1.62 bits per heavy atom. The number of carbonyl (C=O) groups excluding carboxylic acids is 4. The van der Waals surface area contributed by atoms with Crippen molar-refractivity contribution in [3.63, 3.8) is 0 Å². The van der Waals surface area contributed by atoms with Gasteiger partial charge in [0.1, 0.15) is 6.54 Å². The molecule has 1 aromatic rings. The number of para-hydroxylation sites is 1. The molecule has 140 valence electrons. The van der Waals surface area contributed by atoms with Crippen LogP contribution in [0.2, 0.25) is 0 Å². The normalized spacial score (nSPS) is 15.2. The second kappa shape index (κ2) is 7.27. The number of imide groups is 2. The molecule has 1 saturated heterocycles. The number of benzene rings is 1. The van der Waals surface area contributed by atoms with Crippen LogP contribution in [0.4, 0.5) is 10.5 Å². The van der Waals surface area contributed by atoms with Crippen LogP contribution in [-0.2, 0) is 19.8 Å². The Kier molecular flexibility index (Phi) is 5.49. The van der Waals surface area contributed by atoms with Crippen molar-refractivity contribution in [2.75, 3.05) is 18.4 Å². The molecule has 0 saturated carbocycles. The highest BCUT2D eigenvalue weighted by molar-refractivity contribution is 6.45. The molecule has 7 heteroatoms. The number of amides is 5. The lowest BCUT2D eigenvalue weighted by atomic mass is 9.86. The van der Waals surface area contributed by atoms with E-state index in [9.17, 15) is 19.2 Å². The predicted octanol–water partition coefficient (Wildman–Crippen LogP) is 2.37. The van der Waals surface area contributed by atoms with E-state index in [1.807, 2.05) is 46.8 Å². The molecule has 5 amide bonds. The van der Waals surface area contributed by atoms with Crippen molar-refractivity contribution < 1.29 is 19.2 Å². The molecule has 1 N–H and O–H groups in total. The zero-order chi connectivity index (χ0) is 19.6. The van der Waals surface area contributed by atoms with Gasteiger partial charge in [0.05, 0.1) is 0 Å². The molecule has 0 aliphatic carbocycles. The summed E-state index contributed by atoms with van der Waals surface area (Å²) in [7, 11) is 0. The molecular weight excluding hydrogens is 334 g/mol. The Hall–Kier alpha value is -2.70. The van der Waals surface area contributed by atoms with E-state index in [-0.39, 0.29) is 17.9 Å². The van der Waals surface area contributed by atoms with E-state index in [1.165, 1.54) is 0 Å². The second-order valence-corrected chi connectivity index (χ2v) is 7.83. The third-order valence-corrected chi connectivity index (χ3v) is 3.99. The van der Waals surface area contributed by atoms with Crippen LogP contribution in [0.3, 0.4) is 0 Å². The van der Waals surface area contributed by atoms with Crippen LogP contribution in [0.25, 0.3) is 0 Å². The maximum atomic E-state index is 12.4. The summed E-state index contributed by atoms with van der Waals surface area (Å²) in [6, 6.07) is 6.61. The average molecular weight is 359 g/mol. The number of rotatable bonds is 5. The fraction of sp³-hybridized carbons (Fsp3) is 0.474. The molecule has 0 radical (unpaired) electrons. The van der Waals surface area contributed by atoms with Gasteiger partial charge >= 0.3 is 17.8 Å². The average Bonchev–Trinajstić information content (AvgIpc) is 2.72. The molecule has 1 aliphatic rings. The number of anilines is 1. The first-order valence-electron chi connectivity index (χ1n) is 8.59. The first kappa shape index (κ1) is 19.6. The summed E-state index contributed by atoms with van der Waals surface area (Å²) in [6.07, 6.45) is 0. The molecule has 0 spiro atoms. The monoisotopic (exact) mass is 359 g/mol. The molecule has 2 rings (SSSR count). The third kappa shape index (κ3) is 4.09. The molecular formula is C19H25N3O4. The van der Waals surface area contributed by atoms with Crippen LogP contribution in [0.5, 0.6) is 0 Å².